The number of methoxy groups -OCH3 is 1. The maximum Gasteiger partial charge on any atom is 0.387 e. The van der Waals surface area contributed by atoms with Gasteiger partial charge < -0.3 is 19.7 Å². The molecular formula is C12H13F3O5. The first-order valence-electron chi connectivity index (χ1n) is 5.52. The second-order valence-corrected chi connectivity index (χ2v) is 3.85. The van der Waals surface area contributed by atoms with Crippen LogP contribution in [0.2, 0.25) is 0 Å². The van der Waals surface area contributed by atoms with Gasteiger partial charge in [-0.25, -0.2) is 4.39 Å². The molecule has 0 aromatic heterocycles. The number of alkyl halides is 2. The SMILES string of the molecule is COC(=O)CC(O)C(O)c1ccc(F)cc1OC(F)F. The van der Waals surface area contributed by atoms with Crippen molar-refractivity contribution in [3.8, 4) is 5.75 Å². The van der Waals surface area contributed by atoms with E-state index in [2.05, 4.69) is 9.47 Å². The highest BCUT2D eigenvalue weighted by molar-refractivity contribution is 5.69. The second-order valence-electron chi connectivity index (χ2n) is 3.85. The van der Waals surface area contributed by atoms with E-state index in [-0.39, 0.29) is 5.56 Å². The molecule has 0 aliphatic heterocycles. The number of hydrogen-bond donors (Lipinski definition) is 2. The van der Waals surface area contributed by atoms with Crippen LogP contribution in [-0.2, 0) is 9.53 Å². The summed E-state index contributed by atoms with van der Waals surface area (Å²) in [4.78, 5) is 11.0. The summed E-state index contributed by atoms with van der Waals surface area (Å²) in [6.07, 6.45) is -3.86. The van der Waals surface area contributed by atoms with E-state index in [1.165, 1.54) is 0 Å². The molecule has 0 saturated heterocycles. The lowest BCUT2D eigenvalue weighted by molar-refractivity contribution is -0.144. The Kier molecular flexibility index (Phi) is 5.78. The molecule has 0 fully saturated rings. The van der Waals surface area contributed by atoms with Gasteiger partial charge in [0, 0.05) is 11.6 Å². The van der Waals surface area contributed by atoms with Crippen LogP contribution in [0.25, 0.3) is 0 Å². The van der Waals surface area contributed by atoms with Crippen molar-refractivity contribution in [3.05, 3.63) is 29.6 Å². The number of aliphatic hydroxyl groups excluding tert-OH is 2. The van der Waals surface area contributed by atoms with Crippen molar-refractivity contribution in [2.45, 2.75) is 25.2 Å². The fraction of sp³-hybridized carbons (Fsp3) is 0.417. The highest BCUT2D eigenvalue weighted by Gasteiger charge is 2.26. The number of benzene rings is 1. The predicted octanol–water partition coefficient (Wildman–Crippen LogP) is 1.38. The summed E-state index contributed by atoms with van der Waals surface area (Å²) in [6.45, 7) is -3.22. The summed E-state index contributed by atoms with van der Waals surface area (Å²) in [5.41, 5.74) is -0.261. The zero-order valence-electron chi connectivity index (χ0n) is 10.4. The zero-order valence-corrected chi connectivity index (χ0v) is 10.4. The monoisotopic (exact) mass is 294 g/mol. The van der Waals surface area contributed by atoms with Crippen molar-refractivity contribution in [3.63, 3.8) is 0 Å². The van der Waals surface area contributed by atoms with Crippen molar-refractivity contribution >= 4 is 5.97 Å². The number of hydrogen-bond acceptors (Lipinski definition) is 5. The molecule has 0 amide bonds. The normalized spacial score (nSPS) is 13.9. The summed E-state index contributed by atoms with van der Waals surface area (Å²) in [5.74, 6) is -2.26. The van der Waals surface area contributed by atoms with Crippen LogP contribution in [0.5, 0.6) is 5.75 Å². The molecular weight excluding hydrogens is 281 g/mol. The summed E-state index contributed by atoms with van der Waals surface area (Å²) >= 11 is 0. The van der Waals surface area contributed by atoms with Gasteiger partial charge in [-0.1, -0.05) is 0 Å². The van der Waals surface area contributed by atoms with Crippen LogP contribution in [0, 0.1) is 5.82 Å². The first-order chi connectivity index (χ1) is 9.35. The van der Waals surface area contributed by atoms with E-state index >= 15 is 0 Å². The highest BCUT2D eigenvalue weighted by Crippen LogP contribution is 2.30. The van der Waals surface area contributed by atoms with E-state index < -0.39 is 42.8 Å². The lowest BCUT2D eigenvalue weighted by Crippen LogP contribution is -2.23. The van der Waals surface area contributed by atoms with E-state index in [9.17, 15) is 28.2 Å². The number of esters is 1. The van der Waals surface area contributed by atoms with Gasteiger partial charge in [-0.05, 0) is 12.1 Å². The van der Waals surface area contributed by atoms with Gasteiger partial charge in [0.15, 0.2) is 0 Å². The highest BCUT2D eigenvalue weighted by atomic mass is 19.3. The molecule has 2 atom stereocenters. The Bertz CT molecular complexity index is 466. The fourth-order valence-corrected chi connectivity index (χ4v) is 1.52. The fourth-order valence-electron chi connectivity index (χ4n) is 1.52. The number of rotatable bonds is 6. The average Bonchev–Trinajstić information content (AvgIpc) is 2.37. The number of carbonyl (C=O) groups is 1. The molecule has 1 aromatic rings. The molecule has 20 heavy (non-hydrogen) atoms. The smallest absolute Gasteiger partial charge is 0.387 e. The van der Waals surface area contributed by atoms with Gasteiger partial charge >= 0.3 is 12.6 Å². The van der Waals surface area contributed by atoms with Crippen LogP contribution in [0.3, 0.4) is 0 Å². The Labute approximate surface area is 112 Å². The quantitative estimate of drug-likeness (QED) is 0.775. The third-order valence-corrected chi connectivity index (χ3v) is 2.48. The predicted molar refractivity (Wildman–Crippen MR) is 60.6 cm³/mol. The topological polar surface area (TPSA) is 76.0 Å². The molecule has 0 saturated carbocycles. The van der Waals surface area contributed by atoms with Crippen LogP contribution in [0.15, 0.2) is 18.2 Å². The number of halogens is 3. The molecule has 112 valence electrons. The van der Waals surface area contributed by atoms with Gasteiger partial charge in [-0.2, -0.15) is 8.78 Å². The Morgan fingerprint density at radius 3 is 2.55 bits per heavy atom. The standard InChI is InChI=1S/C12H13F3O5/c1-19-10(17)5-8(16)11(18)7-3-2-6(13)4-9(7)20-12(14)15/h2-4,8,11-12,16,18H,5H2,1H3. The van der Waals surface area contributed by atoms with Crippen LogP contribution < -0.4 is 4.74 Å². The van der Waals surface area contributed by atoms with Gasteiger partial charge in [0.25, 0.3) is 0 Å². The van der Waals surface area contributed by atoms with E-state index in [1.54, 1.807) is 0 Å². The van der Waals surface area contributed by atoms with Crippen molar-refractivity contribution in [1.82, 2.24) is 0 Å². The maximum absolute atomic E-state index is 13.0. The molecule has 1 rings (SSSR count). The molecule has 0 radical (unpaired) electrons. The number of aliphatic hydroxyl groups is 2. The lowest BCUT2D eigenvalue weighted by atomic mass is 10.0. The largest absolute Gasteiger partial charge is 0.469 e. The van der Waals surface area contributed by atoms with Crippen LogP contribution >= 0.6 is 0 Å². The minimum atomic E-state index is -3.22. The molecule has 0 heterocycles. The van der Waals surface area contributed by atoms with Crippen LogP contribution in [0.4, 0.5) is 13.2 Å². The second kappa shape index (κ2) is 7.11. The number of ether oxygens (including phenoxy) is 2. The summed E-state index contributed by atoms with van der Waals surface area (Å²) in [6, 6.07) is 2.54. The van der Waals surface area contributed by atoms with Gasteiger partial charge in [0.05, 0.1) is 19.6 Å². The Morgan fingerprint density at radius 2 is 2.00 bits per heavy atom. The molecule has 2 unspecified atom stereocenters. The van der Waals surface area contributed by atoms with Crippen LogP contribution in [0.1, 0.15) is 18.1 Å². The molecule has 2 N–H and O–H groups in total. The molecule has 8 heteroatoms. The van der Waals surface area contributed by atoms with Crippen molar-refractivity contribution < 1.29 is 37.7 Å². The Hall–Kier alpha value is -1.80. The third-order valence-electron chi connectivity index (χ3n) is 2.48. The molecule has 0 bridgehead atoms. The van der Waals surface area contributed by atoms with Crippen LogP contribution in [-0.4, -0.2) is 36.0 Å². The summed E-state index contributed by atoms with van der Waals surface area (Å²) in [7, 11) is 1.09. The van der Waals surface area contributed by atoms with Crippen molar-refractivity contribution in [1.29, 1.82) is 0 Å². The molecule has 1 aromatic carbocycles. The minimum absolute atomic E-state index is 0.261. The molecule has 0 aliphatic rings. The minimum Gasteiger partial charge on any atom is -0.469 e. The first kappa shape index (κ1) is 16.3. The Morgan fingerprint density at radius 1 is 1.35 bits per heavy atom. The molecule has 0 aliphatic carbocycles. The van der Waals surface area contributed by atoms with Gasteiger partial charge in [0.1, 0.15) is 17.7 Å². The van der Waals surface area contributed by atoms with Crippen molar-refractivity contribution in [2.24, 2.45) is 0 Å². The molecule has 0 spiro atoms. The summed E-state index contributed by atoms with van der Waals surface area (Å²) < 4.78 is 45.7. The number of carbonyl (C=O) groups excluding carboxylic acids is 1. The Balaban J connectivity index is 2.96. The van der Waals surface area contributed by atoms with Crippen molar-refractivity contribution in [2.75, 3.05) is 7.11 Å². The van der Waals surface area contributed by atoms with E-state index in [4.69, 9.17) is 0 Å². The van der Waals surface area contributed by atoms with E-state index in [1.807, 2.05) is 0 Å². The van der Waals surface area contributed by atoms with Gasteiger partial charge in [-0.15, -0.1) is 0 Å². The lowest BCUT2D eigenvalue weighted by Gasteiger charge is -2.20. The first-order valence-corrected chi connectivity index (χ1v) is 5.52. The zero-order chi connectivity index (χ0) is 15.3. The van der Waals surface area contributed by atoms with E-state index in [0.717, 1.165) is 19.2 Å². The van der Waals surface area contributed by atoms with E-state index in [0.29, 0.717) is 6.07 Å². The van der Waals surface area contributed by atoms with Gasteiger partial charge in [-0.3, -0.25) is 4.79 Å². The maximum atomic E-state index is 13.0. The summed E-state index contributed by atoms with van der Waals surface area (Å²) in [5, 5.41) is 19.4. The average molecular weight is 294 g/mol. The molecule has 5 nitrogen and oxygen atoms in total. The van der Waals surface area contributed by atoms with Gasteiger partial charge in [0.2, 0.25) is 0 Å². The third kappa shape index (κ3) is 4.39.